The van der Waals surface area contributed by atoms with Crippen LogP contribution in [-0.4, -0.2) is 60.4 Å². The zero-order chi connectivity index (χ0) is 24.6. The van der Waals surface area contributed by atoms with Crippen LogP contribution in [0.3, 0.4) is 0 Å². The second kappa shape index (κ2) is 10.1. The molecular formula is C19H22Cl3FN4O4S2. The number of halogens is 4. The first kappa shape index (κ1) is 26.2. The molecule has 0 spiro atoms. The summed E-state index contributed by atoms with van der Waals surface area (Å²) in [6.07, 6.45) is 2.97. The van der Waals surface area contributed by atoms with Gasteiger partial charge in [-0.2, -0.15) is 0 Å². The summed E-state index contributed by atoms with van der Waals surface area (Å²) in [5.41, 5.74) is 0.327. The molecular weight excluding hydrogens is 538 g/mol. The molecule has 0 unspecified atom stereocenters. The second-order valence-corrected chi connectivity index (χ2v) is 12.3. The largest absolute Gasteiger partial charge is 0.483 e. The third kappa shape index (κ3) is 5.66. The first-order chi connectivity index (χ1) is 15.4. The summed E-state index contributed by atoms with van der Waals surface area (Å²) in [6, 6.07) is 2.28. The molecule has 1 heterocycles. The highest BCUT2D eigenvalue weighted by molar-refractivity contribution is 7.93. The van der Waals surface area contributed by atoms with Gasteiger partial charge in [0.05, 0.1) is 10.7 Å². The van der Waals surface area contributed by atoms with Crippen molar-refractivity contribution in [3.05, 3.63) is 34.5 Å². The molecule has 3 N–H and O–H groups in total. The highest BCUT2D eigenvalue weighted by Crippen LogP contribution is 2.65. The van der Waals surface area contributed by atoms with Crippen LogP contribution in [0.25, 0.3) is 0 Å². The number of thiazole rings is 1. The molecule has 1 aromatic heterocycles. The lowest BCUT2D eigenvalue weighted by Gasteiger charge is -2.36. The van der Waals surface area contributed by atoms with Crippen molar-refractivity contribution < 1.29 is 22.7 Å². The van der Waals surface area contributed by atoms with Gasteiger partial charge in [-0.3, -0.25) is 9.52 Å². The Bertz CT molecular complexity index is 1100. The minimum Gasteiger partial charge on any atom is -0.483 e. The molecule has 2 fully saturated rings. The van der Waals surface area contributed by atoms with Crippen molar-refractivity contribution in [3.8, 4) is 0 Å². The smallest absolute Gasteiger partial charge is 0.290 e. The summed E-state index contributed by atoms with van der Waals surface area (Å²) in [5.74, 6) is -0.500. The number of rotatable bonds is 6. The second-order valence-electron chi connectivity index (χ2n) is 7.95. The Morgan fingerprint density at radius 1 is 1.30 bits per heavy atom. The standard InChI is InChI=1S/C18H20Cl3FN4O2S2.CH2O2/c1-26(2)15-6-10-9(18(10,20)21)5-14(15)24-13-8-12(22)16(7-11(13)19)30(27,28)25-17-23-3-4-29-17;2-1-3/h3-4,7-10,14-15,24H,5-6H2,1-2H3,(H,23,25);1H,(H,2,3)/t9-,10+,14+,15+;/m0./s1. The summed E-state index contributed by atoms with van der Waals surface area (Å²) in [5, 5.41) is 12.0. The van der Waals surface area contributed by atoms with Gasteiger partial charge in [0.2, 0.25) is 0 Å². The average Bonchev–Trinajstić information content (AvgIpc) is 3.04. The molecule has 1 aromatic carbocycles. The first-order valence-corrected chi connectivity index (χ1v) is 13.2. The van der Waals surface area contributed by atoms with Crippen LogP contribution in [0.4, 0.5) is 15.2 Å². The van der Waals surface area contributed by atoms with Crippen LogP contribution in [0.15, 0.2) is 28.6 Å². The van der Waals surface area contributed by atoms with E-state index >= 15 is 0 Å². The molecule has 182 valence electrons. The number of aromatic nitrogens is 1. The molecule has 0 aliphatic heterocycles. The lowest BCUT2D eigenvalue weighted by Crippen LogP contribution is -2.46. The maximum atomic E-state index is 14.8. The minimum atomic E-state index is -4.16. The third-order valence-corrected chi connectivity index (χ3v) is 9.41. The Hall–Kier alpha value is -1.37. The molecule has 2 saturated carbocycles. The van der Waals surface area contributed by atoms with Crippen LogP contribution in [0.2, 0.25) is 5.02 Å². The molecule has 2 aliphatic rings. The van der Waals surface area contributed by atoms with E-state index in [0.717, 1.165) is 29.9 Å². The van der Waals surface area contributed by atoms with Gasteiger partial charge in [-0.25, -0.2) is 17.8 Å². The summed E-state index contributed by atoms with van der Waals surface area (Å²) in [7, 11) is -0.227. The van der Waals surface area contributed by atoms with Gasteiger partial charge in [-0.1, -0.05) is 11.6 Å². The van der Waals surface area contributed by atoms with Gasteiger partial charge >= 0.3 is 0 Å². The molecule has 4 rings (SSSR count). The number of fused-ring (bicyclic) bond motifs is 1. The highest BCUT2D eigenvalue weighted by atomic mass is 35.5. The van der Waals surface area contributed by atoms with Gasteiger partial charge in [0.15, 0.2) is 5.13 Å². The van der Waals surface area contributed by atoms with Crippen molar-refractivity contribution >= 4 is 73.5 Å². The van der Waals surface area contributed by atoms with Crippen molar-refractivity contribution in [2.75, 3.05) is 24.1 Å². The predicted molar refractivity (Wildman–Crippen MR) is 129 cm³/mol. The number of anilines is 2. The summed E-state index contributed by atoms with van der Waals surface area (Å²) >= 11 is 20.2. The minimum absolute atomic E-state index is 0.0616. The third-order valence-electron chi connectivity index (χ3n) is 5.80. The first-order valence-electron chi connectivity index (χ1n) is 9.72. The number of hydrogen-bond acceptors (Lipinski definition) is 7. The van der Waals surface area contributed by atoms with E-state index < -0.39 is 25.1 Å². The number of sulfonamides is 1. The van der Waals surface area contributed by atoms with Gasteiger partial charge in [0.25, 0.3) is 16.5 Å². The topological polar surface area (TPSA) is 112 Å². The maximum absolute atomic E-state index is 14.8. The Morgan fingerprint density at radius 2 is 1.94 bits per heavy atom. The highest BCUT2D eigenvalue weighted by Gasteiger charge is 2.66. The van der Waals surface area contributed by atoms with Crippen molar-refractivity contribution in [1.29, 1.82) is 0 Å². The number of benzene rings is 1. The molecule has 0 radical (unpaired) electrons. The molecule has 0 amide bonds. The monoisotopic (exact) mass is 558 g/mol. The number of nitrogens with one attached hydrogen (secondary N) is 2. The summed E-state index contributed by atoms with van der Waals surface area (Å²) < 4.78 is 41.4. The van der Waals surface area contributed by atoms with Crippen molar-refractivity contribution in [2.24, 2.45) is 11.8 Å². The zero-order valence-corrected chi connectivity index (χ0v) is 21.4. The predicted octanol–water partition coefficient (Wildman–Crippen LogP) is 4.36. The SMILES string of the molecule is CN(C)[C@@H]1C[C@@H]2[C@H](C[C@H]1Nc1cc(F)c(S(=O)(=O)Nc3nccs3)cc1Cl)C2(Cl)Cl.O=CO. The van der Waals surface area contributed by atoms with Gasteiger partial charge in [0, 0.05) is 23.7 Å². The summed E-state index contributed by atoms with van der Waals surface area (Å²) in [6.45, 7) is -0.250. The molecule has 33 heavy (non-hydrogen) atoms. The van der Waals surface area contributed by atoms with Gasteiger partial charge < -0.3 is 15.3 Å². The van der Waals surface area contributed by atoms with Crippen molar-refractivity contribution in [3.63, 3.8) is 0 Å². The van der Waals surface area contributed by atoms with Crippen LogP contribution in [0, 0.1) is 17.7 Å². The van der Waals surface area contributed by atoms with Gasteiger partial charge in [0.1, 0.15) is 15.0 Å². The Morgan fingerprint density at radius 3 is 2.52 bits per heavy atom. The fourth-order valence-corrected chi connectivity index (χ4v) is 7.17. The van der Waals surface area contributed by atoms with E-state index in [1.807, 2.05) is 14.1 Å². The Kier molecular flexibility index (Phi) is 8.02. The van der Waals surface area contributed by atoms with E-state index in [1.54, 1.807) is 5.38 Å². The fourth-order valence-electron chi connectivity index (χ4n) is 4.17. The molecule has 0 saturated heterocycles. The lowest BCUT2D eigenvalue weighted by molar-refractivity contribution is -0.122. The molecule has 2 aromatic rings. The molecule has 0 bridgehead atoms. The van der Waals surface area contributed by atoms with Crippen LogP contribution < -0.4 is 10.0 Å². The van der Waals surface area contributed by atoms with Gasteiger partial charge in [-0.15, -0.1) is 34.5 Å². The van der Waals surface area contributed by atoms with Crippen molar-refractivity contribution in [1.82, 2.24) is 9.88 Å². The van der Waals surface area contributed by atoms with Gasteiger partial charge in [-0.05, 0) is 50.9 Å². The lowest BCUT2D eigenvalue weighted by atomic mass is 9.89. The number of alkyl halides is 2. The van der Waals surface area contributed by atoms with E-state index in [2.05, 4.69) is 19.9 Å². The number of nitrogens with zero attached hydrogens (tertiary/aromatic N) is 2. The maximum Gasteiger partial charge on any atom is 0.290 e. The fraction of sp³-hybridized carbons (Fsp3) is 0.474. The van der Waals surface area contributed by atoms with E-state index in [4.69, 9.17) is 44.7 Å². The van der Waals surface area contributed by atoms with Crippen LogP contribution >= 0.6 is 46.1 Å². The molecule has 8 nitrogen and oxygen atoms in total. The molecule has 4 atom stereocenters. The van der Waals surface area contributed by atoms with E-state index in [9.17, 15) is 12.8 Å². The van der Waals surface area contributed by atoms with Crippen LogP contribution in [0.1, 0.15) is 12.8 Å². The van der Waals surface area contributed by atoms with E-state index in [0.29, 0.717) is 12.1 Å². The Labute approximate surface area is 210 Å². The van der Waals surface area contributed by atoms with Crippen molar-refractivity contribution in [2.45, 2.75) is 34.2 Å². The van der Waals surface area contributed by atoms with Crippen LogP contribution in [-0.2, 0) is 14.8 Å². The molecule has 2 aliphatic carbocycles. The summed E-state index contributed by atoms with van der Waals surface area (Å²) in [4.78, 5) is 13.8. The number of likely N-dealkylation sites (N-methyl/N-ethyl adjacent to an activating group) is 1. The molecule has 14 heteroatoms. The zero-order valence-electron chi connectivity index (χ0n) is 17.5. The number of hydrogen-bond donors (Lipinski definition) is 3. The Balaban J connectivity index is 0.000000968. The van der Waals surface area contributed by atoms with Crippen LogP contribution in [0.5, 0.6) is 0 Å². The quantitative estimate of drug-likeness (QED) is 0.356. The average molecular weight is 560 g/mol. The number of carboxylic acid groups (broad SMARTS) is 1. The number of carbonyl (C=O) groups is 1. The van der Waals surface area contributed by atoms with E-state index in [-0.39, 0.29) is 40.5 Å². The normalized spacial score (nSPS) is 25.4. The van der Waals surface area contributed by atoms with E-state index in [1.165, 1.54) is 6.20 Å².